The Hall–Kier alpha value is -1.18. The molecule has 0 spiro atoms. The molecular weight excluding hydrogens is 274 g/mol. The minimum absolute atomic E-state index is 0.259. The van der Waals surface area contributed by atoms with Crippen LogP contribution in [0.4, 0.5) is 0 Å². The highest BCUT2D eigenvalue weighted by molar-refractivity contribution is 6.04. The highest BCUT2D eigenvalue weighted by atomic mass is 16.5. The average molecular weight is 301 g/mol. The zero-order valence-corrected chi connectivity index (χ0v) is 13.2. The summed E-state index contributed by atoms with van der Waals surface area (Å²) >= 11 is 0. The summed E-state index contributed by atoms with van der Waals surface area (Å²) in [6.45, 7) is 8.64. The van der Waals surface area contributed by atoms with Crippen molar-refractivity contribution in [2.75, 3.05) is 59.7 Å². The largest absolute Gasteiger partial charge is 0.383 e. The lowest BCUT2D eigenvalue weighted by Crippen LogP contribution is -2.50. The van der Waals surface area contributed by atoms with Crippen LogP contribution in [0.25, 0.3) is 0 Å². The van der Waals surface area contributed by atoms with Gasteiger partial charge in [0.15, 0.2) is 0 Å². The Kier molecular flexibility index (Phi) is 7.63. The maximum atomic E-state index is 12.1. The molecule has 0 radical (unpaired) electrons. The second-order valence-corrected chi connectivity index (χ2v) is 5.58. The molecule has 1 saturated heterocycles. The van der Waals surface area contributed by atoms with Crippen molar-refractivity contribution in [3.63, 3.8) is 0 Å². The predicted molar refractivity (Wildman–Crippen MR) is 78.9 cm³/mol. The van der Waals surface area contributed by atoms with Gasteiger partial charge in [-0.2, -0.15) is 0 Å². The van der Waals surface area contributed by atoms with E-state index in [9.17, 15) is 9.59 Å². The lowest BCUT2D eigenvalue weighted by Gasteiger charge is -2.27. The molecule has 0 aliphatic carbocycles. The Morgan fingerprint density at radius 1 is 1.14 bits per heavy atom. The standard InChI is InChI=1S/C14H27N3O4/c1-14(2,13(19)16-5-9-20-3)12(18)15-4-6-17-7-10-21-11-8-17/h4-11H2,1-3H3,(H,15,18)(H,16,19). The third-order valence-corrected chi connectivity index (χ3v) is 3.54. The summed E-state index contributed by atoms with van der Waals surface area (Å²) in [5.74, 6) is -0.547. The van der Waals surface area contributed by atoms with Gasteiger partial charge in [-0.05, 0) is 13.8 Å². The van der Waals surface area contributed by atoms with E-state index in [-0.39, 0.29) is 11.8 Å². The number of ether oxygens (including phenoxy) is 2. The van der Waals surface area contributed by atoms with E-state index in [1.807, 2.05) is 0 Å². The minimum atomic E-state index is -1.08. The predicted octanol–water partition coefficient (Wildman–Crippen LogP) is -0.776. The van der Waals surface area contributed by atoms with Gasteiger partial charge >= 0.3 is 0 Å². The normalized spacial score (nSPS) is 16.5. The summed E-state index contributed by atoms with van der Waals surface area (Å²) in [5, 5.41) is 5.52. The minimum Gasteiger partial charge on any atom is -0.383 e. The number of carbonyl (C=O) groups excluding carboxylic acids is 2. The molecule has 1 fully saturated rings. The highest BCUT2D eigenvalue weighted by Gasteiger charge is 2.35. The van der Waals surface area contributed by atoms with Crippen LogP contribution >= 0.6 is 0 Å². The maximum absolute atomic E-state index is 12.1. The number of amides is 2. The summed E-state index contributed by atoms with van der Waals surface area (Å²) in [6.07, 6.45) is 0. The SMILES string of the molecule is COCCNC(=O)C(C)(C)C(=O)NCCN1CCOCC1. The van der Waals surface area contributed by atoms with Gasteiger partial charge in [0.05, 0.1) is 19.8 Å². The fraction of sp³-hybridized carbons (Fsp3) is 0.857. The first-order valence-corrected chi connectivity index (χ1v) is 7.34. The molecule has 0 unspecified atom stereocenters. The molecule has 2 amide bonds. The van der Waals surface area contributed by atoms with Crippen LogP contribution in [0.5, 0.6) is 0 Å². The zero-order valence-electron chi connectivity index (χ0n) is 13.2. The van der Waals surface area contributed by atoms with Crippen molar-refractivity contribution in [3.05, 3.63) is 0 Å². The van der Waals surface area contributed by atoms with Crippen LogP contribution in [0.3, 0.4) is 0 Å². The highest BCUT2D eigenvalue weighted by Crippen LogP contribution is 2.15. The number of hydrogen-bond donors (Lipinski definition) is 2. The van der Waals surface area contributed by atoms with Gasteiger partial charge in [-0.1, -0.05) is 0 Å². The molecule has 0 aromatic heterocycles. The van der Waals surface area contributed by atoms with Crippen LogP contribution in [-0.2, 0) is 19.1 Å². The van der Waals surface area contributed by atoms with E-state index in [0.717, 1.165) is 32.8 Å². The van der Waals surface area contributed by atoms with Crippen molar-refractivity contribution in [2.45, 2.75) is 13.8 Å². The molecule has 1 aliphatic heterocycles. The van der Waals surface area contributed by atoms with Gasteiger partial charge in [-0.15, -0.1) is 0 Å². The van der Waals surface area contributed by atoms with E-state index < -0.39 is 5.41 Å². The van der Waals surface area contributed by atoms with Crippen LogP contribution in [0.15, 0.2) is 0 Å². The van der Waals surface area contributed by atoms with E-state index in [0.29, 0.717) is 19.7 Å². The summed E-state index contributed by atoms with van der Waals surface area (Å²) < 4.78 is 10.1. The molecule has 0 bridgehead atoms. The summed E-state index contributed by atoms with van der Waals surface area (Å²) in [5.41, 5.74) is -1.08. The lowest BCUT2D eigenvalue weighted by molar-refractivity contribution is -0.141. The van der Waals surface area contributed by atoms with Gasteiger partial charge in [-0.25, -0.2) is 0 Å². The first-order valence-electron chi connectivity index (χ1n) is 7.34. The molecular formula is C14H27N3O4. The fourth-order valence-corrected chi connectivity index (χ4v) is 1.96. The Labute approximate surface area is 126 Å². The molecule has 0 aromatic carbocycles. The quantitative estimate of drug-likeness (QED) is 0.454. The van der Waals surface area contributed by atoms with E-state index in [1.165, 1.54) is 0 Å². The Morgan fingerprint density at radius 3 is 2.29 bits per heavy atom. The molecule has 21 heavy (non-hydrogen) atoms. The van der Waals surface area contributed by atoms with Crippen molar-refractivity contribution >= 4 is 11.8 Å². The Balaban J connectivity index is 2.29. The monoisotopic (exact) mass is 301 g/mol. The first kappa shape index (κ1) is 17.9. The van der Waals surface area contributed by atoms with E-state index >= 15 is 0 Å². The fourth-order valence-electron chi connectivity index (χ4n) is 1.96. The molecule has 1 aliphatic rings. The topological polar surface area (TPSA) is 79.9 Å². The van der Waals surface area contributed by atoms with Gasteiger partial charge in [0.25, 0.3) is 0 Å². The third kappa shape index (κ3) is 5.99. The second kappa shape index (κ2) is 8.96. The van der Waals surface area contributed by atoms with Crippen LogP contribution in [0.1, 0.15) is 13.8 Å². The lowest BCUT2D eigenvalue weighted by atomic mass is 9.91. The van der Waals surface area contributed by atoms with Crippen molar-refractivity contribution < 1.29 is 19.1 Å². The van der Waals surface area contributed by atoms with Gasteiger partial charge in [0, 0.05) is 39.8 Å². The van der Waals surface area contributed by atoms with Gasteiger partial charge in [0.2, 0.25) is 11.8 Å². The molecule has 122 valence electrons. The average Bonchev–Trinajstić information content (AvgIpc) is 2.48. The number of carbonyl (C=O) groups is 2. The van der Waals surface area contributed by atoms with Gasteiger partial charge in [0.1, 0.15) is 5.41 Å². The smallest absolute Gasteiger partial charge is 0.235 e. The summed E-state index contributed by atoms with van der Waals surface area (Å²) in [4.78, 5) is 26.4. The van der Waals surface area contributed by atoms with Crippen molar-refractivity contribution in [2.24, 2.45) is 5.41 Å². The van der Waals surface area contributed by atoms with Gasteiger partial charge in [-0.3, -0.25) is 14.5 Å². The molecule has 0 aromatic rings. The number of nitrogens with one attached hydrogen (secondary N) is 2. The maximum Gasteiger partial charge on any atom is 0.235 e. The van der Waals surface area contributed by atoms with E-state index in [4.69, 9.17) is 9.47 Å². The molecule has 0 atom stereocenters. The Bertz CT molecular complexity index is 341. The van der Waals surface area contributed by atoms with Crippen LogP contribution < -0.4 is 10.6 Å². The van der Waals surface area contributed by atoms with E-state index in [2.05, 4.69) is 15.5 Å². The number of morpholine rings is 1. The molecule has 7 heteroatoms. The number of hydrogen-bond acceptors (Lipinski definition) is 5. The molecule has 0 saturated carbocycles. The first-order chi connectivity index (χ1) is 9.98. The van der Waals surface area contributed by atoms with Crippen molar-refractivity contribution in [1.82, 2.24) is 15.5 Å². The zero-order chi connectivity index (χ0) is 15.7. The Morgan fingerprint density at radius 2 is 1.71 bits per heavy atom. The van der Waals surface area contributed by atoms with Crippen LogP contribution in [0, 0.1) is 5.41 Å². The van der Waals surface area contributed by atoms with Crippen molar-refractivity contribution in [3.8, 4) is 0 Å². The summed E-state index contributed by atoms with van der Waals surface area (Å²) in [7, 11) is 1.57. The molecule has 1 rings (SSSR count). The molecule has 1 heterocycles. The second-order valence-electron chi connectivity index (χ2n) is 5.58. The van der Waals surface area contributed by atoms with E-state index in [1.54, 1.807) is 21.0 Å². The van der Waals surface area contributed by atoms with Crippen molar-refractivity contribution in [1.29, 1.82) is 0 Å². The molecule has 7 nitrogen and oxygen atoms in total. The summed E-state index contributed by atoms with van der Waals surface area (Å²) in [6, 6.07) is 0. The van der Waals surface area contributed by atoms with Gasteiger partial charge < -0.3 is 20.1 Å². The van der Waals surface area contributed by atoms with Crippen LogP contribution in [-0.4, -0.2) is 76.4 Å². The van der Waals surface area contributed by atoms with Crippen LogP contribution in [0.2, 0.25) is 0 Å². The number of rotatable bonds is 8. The third-order valence-electron chi connectivity index (χ3n) is 3.54. The number of methoxy groups -OCH3 is 1. The molecule has 2 N–H and O–H groups in total. The number of nitrogens with zero attached hydrogens (tertiary/aromatic N) is 1.